The van der Waals surface area contributed by atoms with Gasteiger partial charge in [-0.1, -0.05) is 30.3 Å². The van der Waals surface area contributed by atoms with Crippen molar-refractivity contribution in [2.24, 2.45) is 0 Å². The molecular formula is C19H28N2O5. The molecule has 26 heavy (non-hydrogen) atoms. The molecule has 1 atom stereocenters. The highest BCUT2D eigenvalue weighted by Gasteiger charge is 2.26. The Morgan fingerprint density at radius 3 is 2.27 bits per heavy atom. The summed E-state index contributed by atoms with van der Waals surface area (Å²) in [5.41, 5.74) is 0.142. The number of alkyl carbamates (subject to hydrolysis) is 1. The molecule has 0 aliphatic heterocycles. The quantitative estimate of drug-likeness (QED) is 0.752. The normalized spacial score (nSPS) is 12.0. The molecule has 0 radical (unpaired) electrons. The van der Waals surface area contributed by atoms with Gasteiger partial charge in [-0.3, -0.25) is 4.79 Å². The van der Waals surface area contributed by atoms with E-state index < -0.39 is 23.7 Å². The van der Waals surface area contributed by atoms with Gasteiger partial charge in [0.15, 0.2) is 0 Å². The fourth-order valence-electron chi connectivity index (χ4n) is 2.02. The summed E-state index contributed by atoms with van der Waals surface area (Å²) in [7, 11) is 3.26. The molecule has 0 heterocycles. The van der Waals surface area contributed by atoms with E-state index in [2.05, 4.69) is 5.32 Å². The van der Waals surface area contributed by atoms with Crippen LogP contribution in [0.2, 0.25) is 0 Å². The predicted octanol–water partition coefficient (Wildman–Crippen LogP) is 2.49. The minimum atomic E-state index is -0.961. The summed E-state index contributed by atoms with van der Waals surface area (Å²) in [5.74, 6) is -0.747. The van der Waals surface area contributed by atoms with Crippen LogP contribution in [0.15, 0.2) is 30.3 Å². The Kier molecular flexibility index (Phi) is 8.09. The minimum absolute atomic E-state index is 0.0911. The van der Waals surface area contributed by atoms with Gasteiger partial charge in [-0.15, -0.1) is 0 Å². The molecule has 1 N–H and O–H groups in total. The van der Waals surface area contributed by atoms with E-state index in [9.17, 15) is 14.4 Å². The molecule has 0 saturated heterocycles. The topological polar surface area (TPSA) is 84.9 Å². The standard InChI is InChI=1S/C19H28N2O5/c1-19(2,3)26-18(24)20-15(11-12-16(22)21(4)5)17(23)25-13-14-9-7-6-8-10-14/h6-10,15H,11-13H2,1-5H3,(H,20,24). The maximum absolute atomic E-state index is 12.4. The zero-order valence-corrected chi connectivity index (χ0v) is 16.1. The van der Waals surface area contributed by atoms with Crippen molar-refractivity contribution < 1.29 is 23.9 Å². The van der Waals surface area contributed by atoms with Crippen LogP contribution in [-0.4, -0.2) is 48.6 Å². The summed E-state index contributed by atoms with van der Waals surface area (Å²) < 4.78 is 10.5. The van der Waals surface area contributed by atoms with Crippen molar-refractivity contribution >= 4 is 18.0 Å². The molecule has 0 bridgehead atoms. The number of rotatable bonds is 7. The van der Waals surface area contributed by atoms with E-state index in [0.29, 0.717) is 0 Å². The molecule has 0 saturated carbocycles. The van der Waals surface area contributed by atoms with Crippen molar-refractivity contribution in [3.8, 4) is 0 Å². The Balaban J connectivity index is 2.69. The van der Waals surface area contributed by atoms with E-state index in [1.165, 1.54) is 4.90 Å². The van der Waals surface area contributed by atoms with Gasteiger partial charge < -0.3 is 19.7 Å². The maximum atomic E-state index is 12.4. The number of carbonyl (C=O) groups is 3. The van der Waals surface area contributed by atoms with Crippen LogP contribution in [0.4, 0.5) is 4.79 Å². The molecule has 1 aromatic rings. The van der Waals surface area contributed by atoms with Gasteiger partial charge in [-0.2, -0.15) is 0 Å². The zero-order chi connectivity index (χ0) is 19.7. The third kappa shape index (κ3) is 8.50. The number of hydrogen-bond donors (Lipinski definition) is 1. The number of benzene rings is 1. The Morgan fingerprint density at radius 2 is 1.73 bits per heavy atom. The summed E-state index contributed by atoms with van der Waals surface area (Å²) in [5, 5.41) is 2.50. The molecule has 2 amide bonds. The van der Waals surface area contributed by atoms with Crippen LogP contribution in [0, 0.1) is 0 Å². The lowest BCUT2D eigenvalue weighted by Crippen LogP contribution is -2.44. The van der Waals surface area contributed by atoms with Crippen LogP contribution in [-0.2, 0) is 25.7 Å². The Hall–Kier alpha value is -2.57. The van der Waals surface area contributed by atoms with Crippen LogP contribution in [0.5, 0.6) is 0 Å². The van der Waals surface area contributed by atoms with Crippen molar-refractivity contribution in [3.05, 3.63) is 35.9 Å². The summed E-state index contributed by atoms with van der Waals surface area (Å²) >= 11 is 0. The van der Waals surface area contributed by atoms with E-state index >= 15 is 0 Å². The third-order valence-electron chi connectivity index (χ3n) is 3.35. The molecule has 1 rings (SSSR count). The third-order valence-corrected chi connectivity index (χ3v) is 3.35. The fraction of sp³-hybridized carbons (Fsp3) is 0.526. The van der Waals surface area contributed by atoms with Gasteiger partial charge in [0.2, 0.25) is 5.91 Å². The Labute approximate surface area is 154 Å². The first-order chi connectivity index (χ1) is 12.1. The molecule has 144 valence electrons. The van der Waals surface area contributed by atoms with Gasteiger partial charge in [0.05, 0.1) is 0 Å². The van der Waals surface area contributed by atoms with Crippen LogP contribution < -0.4 is 5.32 Å². The van der Waals surface area contributed by atoms with Crippen molar-refractivity contribution in [1.82, 2.24) is 10.2 Å². The number of nitrogens with zero attached hydrogens (tertiary/aromatic N) is 1. The number of amides is 2. The maximum Gasteiger partial charge on any atom is 0.408 e. The zero-order valence-electron chi connectivity index (χ0n) is 16.1. The molecule has 7 heteroatoms. The lowest BCUT2D eigenvalue weighted by Gasteiger charge is -2.23. The average Bonchev–Trinajstić information content (AvgIpc) is 2.55. The largest absolute Gasteiger partial charge is 0.459 e. The first kappa shape index (κ1) is 21.5. The van der Waals surface area contributed by atoms with E-state index in [0.717, 1.165) is 5.56 Å². The second-order valence-corrected chi connectivity index (χ2v) is 7.12. The minimum Gasteiger partial charge on any atom is -0.459 e. The number of carbonyl (C=O) groups excluding carboxylic acids is 3. The van der Waals surface area contributed by atoms with Crippen LogP contribution in [0.25, 0.3) is 0 Å². The second-order valence-electron chi connectivity index (χ2n) is 7.12. The van der Waals surface area contributed by atoms with Gasteiger partial charge in [0.25, 0.3) is 0 Å². The lowest BCUT2D eigenvalue weighted by atomic mass is 10.1. The van der Waals surface area contributed by atoms with Crippen LogP contribution in [0.1, 0.15) is 39.2 Å². The molecule has 0 aliphatic carbocycles. The molecule has 0 spiro atoms. The number of esters is 1. The summed E-state index contributed by atoms with van der Waals surface area (Å²) in [6, 6.07) is 8.26. The van der Waals surface area contributed by atoms with Crippen molar-refractivity contribution in [1.29, 1.82) is 0 Å². The molecule has 7 nitrogen and oxygen atoms in total. The highest BCUT2D eigenvalue weighted by molar-refractivity contribution is 5.83. The van der Waals surface area contributed by atoms with Crippen LogP contribution >= 0.6 is 0 Å². The van der Waals surface area contributed by atoms with Gasteiger partial charge in [0, 0.05) is 20.5 Å². The monoisotopic (exact) mass is 364 g/mol. The van der Waals surface area contributed by atoms with E-state index in [4.69, 9.17) is 9.47 Å². The van der Waals surface area contributed by atoms with E-state index in [1.807, 2.05) is 30.3 Å². The average molecular weight is 364 g/mol. The molecule has 1 unspecified atom stereocenters. The van der Waals surface area contributed by atoms with Gasteiger partial charge in [-0.05, 0) is 32.8 Å². The summed E-state index contributed by atoms with van der Waals surface area (Å²) in [6.45, 7) is 5.27. The molecule has 0 fully saturated rings. The summed E-state index contributed by atoms with van der Waals surface area (Å²) in [6.07, 6.45) is -0.492. The molecule has 1 aromatic carbocycles. The SMILES string of the molecule is CN(C)C(=O)CCC(NC(=O)OC(C)(C)C)C(=O)OCc1ccccc1. The number of ether oxygens (including phenoxy) is 2. The highest BCUT2D eigenvalue weighted by atomic mass is 16.6. The molecular weight excluding hydrogens is 336 g/mol. The highest BCUT2D eigenvalue weighted by Crippen LogP contribution is 2.10. The summed E-state index contributed by atoms with van der Waals surface area (Å²) in [4.78, 5) is 37.6. The predicted molar refractivity (Wildman–Crippen MR) is 97.3 cm³/mol. The Morgan fingerprint density at radius 1 is 1.12 bits per heavy atom. The molecule has 0 aromatic heterocycles. The number of hydrogen-bond acceptors (Lipinski definition) is 5. The lowest BCUT2D eigenvalue weighted by molar-refractivity contribution is -0.147. The van der Waals surface area contributed by atoms with Gasteiger partial charge in [-0.25, -0.2) is 9.59 Å². The van der Waals surface area contributed by atoms with Crippen molar-refractivity contribution in [2.75, 3.05) is 14.1 Å². The van der Waals surface area contributed by atoms with Gasteiger partial charge in [0.1, 0.15) is 18.2 Å². The van der Waals surface area contributed by atoms with Crippen LogP contribution in [0.3, 0.4) is 0 Å². The first-order valence-electron chi connectivity index (χ1n) is 8.48. The molecule has 0 aliphatic rings. The fourth-order valence-corrected chi connectivity index (χ4v) is 2.02. The van der Waals surface area contributed by atoms with E-state index in [1.54, 1.807) is 34.9 Å². The van der Waals surface area contributed by atoms with E-state index in [-0.39, 0.29) is 25.4 Å². The first-order valence-corrected chi connectivity index (χ1v) is 8.48. The second kappa shape index (κ2) is 9.79. The van der Waals surface area contributed by atoms with Crippen molar-refractivity contribution in [3.63, 3.8) is 0 Å². The van der Waals surface area contributed by atoms with Gasteiger partial charge >= 0.3 is 12.1 Å². The smallest absolute Gasteiger partial charge is 0.408 e. The van der Waals surface area contributed by atoms with Crippen molar-refractivity contribution in [2.45, 2.75) is 51.9 Å². The Bertz CT molecular complexity index is 608. The number of nitrogens with one attached hydrogen (secondary N) is 1.